The molecule has 4 saturated heterocycles. The zero-order valence-electron chi connectivity index (χ0n) is 18.2. The van der Waals surface area contributed by atoms with E-state index in [-0.39, 0.29) is 23.1 Å². The molecule has 4 bridgehead atoms. The molecule has 2 saturated carbocycles. The van der Waals surface area contributed by atoms with Crippen LogP contribution in [0.25, 0.3) is 0 Å². The van der Waals surface area contributed by atoms with Crippen molar-refractivity contribution >= 4 is 32.6 Å². The summed E-state index contributed by atoms with van der Waals surface area (Å²) in [5.41, 5.74) is 1.59. The van der Waals surface area contributed by atoms with E-state index in [4.69, 9.17) is 15.6 Å². The van der Waals surface area contributed by atoms with Gasteiger partial charge < -0.3 is 0 Å². The third-order valence-corrected chi connectivity index (χ3v) is 11.3. The SMILES string of the molecule is Cc1cc(C)c(I(OC(=O)C23COC(C)(C2)C3)OC(=O)C23COC(C)(C2)C3)c(C)c1. The minimum atomic E-state index is -3.04. The molecule has 1 aromatic rings. The second kappa shape index (κ2) is 6.42. The Morgan fingerprint density at radius 2 is 1.23 bits per heavy atom. The normalized spacial score (nSPS) is 38.5. The molecule has 0 spiro atoms. The fraction of sp³-hybridized carbons (Fsp3) is 0.652. The summed E-state index contributed by atoms with van der Waals surface area (Å²) in [6.07, 6.45) is 2.72. The van der Waals surface area contributed by atoms with Gasteiger partial charge in [0.1, 0.15) is 0 Å². The van der Waals surface area contributed by atoms with Gasteiger partial charge in [-0.3, -0.25) is 0 Å². The van der Waals surface area contributed by atoms with Gasteiger partial charge in [0.25, 0.3) is 0 Å². The van der Waals surface area contributed by atoms with Crippen LogP contribution in [0.15, 0.2) is 12.1 Å². The van der Waals surface area contributed by atoms with Crippen molar-refractivity contribution in [3.63, 3.8) is 0 Å². The Labute approximate surface area is 185 Å². The summed E-state index contributed by atoms with van der Waals surface area (Å²) in [5.74, 6) is -0.540. The maximum atomic E-state index is 13.2. The zero-order valence-corrected chi connectivity index (χ0v) is 20.4. The van der Waals surface area contributed by atoms with E-state index in [0.29, 0.717) is 38.9 Å². The summed E-state index contributed by atoms with van der Waals surface area (Å²) in [5, 5.41) is 0. The summed E-state index contributed by atoms with van der Waals surface area (Å²) < 4.78 is 24.6. The molecular formula is C23H29IO6. The van der Waals surface area contributed by atoms with Crippen LogP contribution >= 0.6 is 20.6 Å². The summed E-state index contributed by atoms with van der Waals surface area (Å²) in [7, 11) is 0. The Morgan fingerprint density at radius 1 is 0.833 bits per heavy atom. The van der Waals surface area contributed by atoms with Crippen LogP contribution in [0.4, 0.5) is 0 Å². The van der Waals surface area contributed by atoms with Crippen molar-refractivity contribution in [3.05, 3.63) is 32.4 Å². The Hall–Kier alpha value is -1.19. The fourth-order valence-corrected chi connectivity index (χ4v) is 9.88. The van der Waals surface area contributed by atoms with Gasteiger partial charge in [-0.05, 0) is 0 Å². The van der Waals surface area contributed by atoms with Gasteiger partial charge in [0, 0.05) is 0 Å². The van der Waals surface area contributed by atoms with Crippen molar-refractivity contribution in [2.75, 3.05) is 13.2 Å². The molecular weight excluding hydrogens is 499 g/mol. The molecule has 1 aromatic carbocycles. The Balaban J connectivity index is 1.41. The van der Waals surface area contributed by atoms with Gasteiger partial charge >= 0.3 is 186 Å². The first-order chi connectivity index (χ1) is 14.0. The minimum absolute atomic E-state index is 0.207. The number of aryl methyl sites for hydroxylation is 3. The number of ether oxygens (including phenoxy) is 2. The standard InChI is InChI=1S/C23H29IO6/c1-14-6-15(2)17(16(3)7-14)24(29-18(25)22-8-20(4,9-22)27-12-22)30-19(26)23-10-21(5,11-23)28-13-23/h6-7H,8-13H2,1-5H3. The molecule has 2 aliphatic carbocycles. The van der Waals surface area contributed by atoms with Gasteiger partial charge in [0.05, 0.1) is 0 Å². The first kappa shape index (κ1) is 20.7. The molecule has 0 amide bonds. The van der Waals surface area contributed by atoms with Gasteiger partial charge in [-0.1, -0.05) is 0 Å². The topological polar surface area (TPSA) is 71.1 Å². The monoisotopic (exact) mass is 528 g/mol. The second-order valence-corrected chi connectivity index (χ2v) is 13.6. The number of carbonyl (C=O) groups excluding carboxylic acids is 2. The van der Waals surface area contributed by atoms with Gasteiger partial charge in [0.15, 0.2) is 0 Å². The molecule has 0 atom stereocenters. The van der Waals surface area contributed by atoms with E-state index in [0.717, 1.165) is 20.3 Å². The number of fused-ring (bicyclic) bond motifs is 2. The van der Waals surface area contributed by atoms with Gasteiger partial charge in [0.2, 0.25) is 0 Å². The summed E-state index contributed by atoms with van der Waals surface area (Å²) >= 11 is -3.04. The van der Waals surface area contributed by atoms with E-state index in [9.17, 15) is 9.59 Å². The molecule has 164 valence electrons. The Morgan fingerprint density at radius 3 is 1.57 bits per heavy atom. The van der Waals surface area contributed by atoms with Crippen LogP contribution in [0.1, 0.15) is 56.2 Å². The van der Waals surface area contributed by atoms with Crippen LogP contribution < -0.4 is 0 Å². The molecule has 30 heavy (non-hydrogen) atoms. The van der Waals surface area contributed by atoms with E-state index in [1.807, 2.05) is 34.6 Å². The average Bonchev–Trinajstić information content (AvgIpc) is 3.30. The van der Waals surface area contributed by atoms with E-state index >= 15 is 0 Å². The van der Waals surface area contributed by atoms with Gasteiger partial charge in [-0.15, -0.1) is 0 Å². The Kier molecular flexibility index (Phi) is 4.43. The molecule has 4 aliphatic heterocycles. The molecule has 0 radical (unpaired) electrons. The van der Waals surface area contributed by atoms with Crippen molar-refractivity contribution < 1.29 is 25.2 Å². The first-order valence-corrected chi connectivity index (χ1v) is 13.3. The average molecular weight is 528 g/mol. The molecule has 0 N–H and O–H groups in total. The predicted octanol–water partition coefficient (Wildman–Crippen LogP) is 4.34. The van der Waals surface area contributed by atoms with Crippen LogP contribution in [0.3, 0.4) is 0 Å². The van der Waals surface area contributed by atoms with Gasteiger partial charge in [-0.2, -0.15) is 0 Å². The maximum absolute atomic E-state index is 13.2. The number of benzene rings is 1. The van der Waals surface area contributed by atoms with Crippen molar-refractivity contribution in [1.29, 1.82) is 0 Å². The molecule has 7 heteroatoms. The van der Waals surface area contributed by atoms with Crippen LogP contribution in [0, 0.1) is 35.2 Å². The predicted molar refractivity (Wildman–Crippen MR) is 118 cm³/mol. The van der Waals surface area contributed by atoms with Crippen molar-refractivity contribution in [2.45, 2.75) is 71.5 Å². The molecule has 7 rings (SSSR count). The number of carbonyl (C=O) groups is 2. The van der Waals surface area contributed by atoms with Crippen LogP contribution in [-0.2, 0) is 25.2 Å². The molecule has 6 aliphatic rings. The third-order valence-electron chi connectivity index (χ3n) is 7.12. The molecule has 4 heterocycles. The molecule has 6 nitrogen and oxygen atoms in total. The first-order valence-electron chi connectivity index (χ1n) is 10.5. The van der Waals surface area contributed by atoms with Crippen LogP contribution in [0.2, 0.25) is 0 Å². The molecule has 6 fully saturated rings. The number of halogens is 1. The second-order valence-electron chi connectivity index (χ2n) is 10.4. The zero-order chi connectivity index (χ0) is 21.5. The van der Waals surface area contributed by atoms with E-state index < -0.39 is 31.5 Å². The van der Waals surface area contributed by atoms with Crippen LogP contribution in [-0.4, -0.2) is 36.4 Å². The van der Waals surface area contributed by atoms with Gasteiger partial charge in [-0.25, -0.2) is 0 Å². The summed E-state index contributed by atoms with van der Waals surface area (Å²) in [6, 6.07) is 4.12. The quantitative estimate of drug-likeness (QED) is 0.530. The van der Waals surface area contributed by atoms with E-state index in [1.54, 1.807) is 0 Å². The molecule has 0 aromatic heterocycles. The van der Waals surface area contributed by atoms with E-state index in [2.05, 4.69) is 12.1 Å². The number of rotatable bonds is 5. The number of hydrogen-bond donors (Lipinski definition) is 0. The van der Waals surface area contributed by atoms with Crippen molar-refractivity contribution in [3.8, 4) is 0 Å². The summed E-state index contributed by atoms with van der Waals surface area (Å²) in [6.45, 7) is 10.9. The van der Waals surface area contributed by atoms with Crippen LogP contribution in [0.5, 0.6) is 0 Å². The fourth-order valence-electron chi connectivity index (χ4n) is 5.99. The summed E-state index contributed by atoms with van der Waals surface area (Å²) in [4.78, 5) is 26.4. The van der Waals surface area contributed by atoms with Crippen molar-refractivity contribution in [1.82, 2.24) is 0 Å². The molecule has 0 unspecified atom stereocenters. The van der Waals surface area contributed by atoms with E-state index in [1.165, 1.54) is 0 Å². The number of hydrogen-bond acceptors (Lipinski definition) is 6. The third kappa shape index (κ3) is 3.03. The van der Waals surface area contributed by atoms with Crippen molar-refractivity contribution in [2.24, 2.45) is 10.8 Å². The Bertz CT molecular complexity index is 870.